The van der Waals surface area contributed by atoms with Gasteiger partial charge in [0.15, 0.2) is 0 Å². The SMILES string of the molecule is Cc1cccc(C(=O)O)c1NC(C)Cc1ccsc1. The van der Waals surface area contributed by atoms with Crippen LogP contribution in [-0.4, -0.2) is 17.1 Å². The van der Waals surface area contributed by atoms with Crippen LogP contribution < -0.4 is 5.32 Å². The molecular formula is C15H17NO2S. The van der Waals surface area contributed by atoms with Gasteiger partial charge in [0, 0.05) is 6.04 Å². The number of hydrogen-bond donors (Lipinski definition) is 2. The van der Waals surface area contributed by atoms with E-state index in [2.05, 4.69) is 29.1 Å². The molecule has 0 radical (unpaired) electrons. The molecule has 19 heavy (non-hydrogen) atoms. The average Bonchev–Trinajstić information content (AvgIpc) is 2.84. The predicted molar refractivity (Wildman–Crippen MR) is 79.2 cm³/mol. The zero-order chi connectivity index (χ0) is 13.8. The van der Waals surface area contributed by atoms with Gasteiger partial charge in [-0.15, -0.1) is 0 Å². The van der Waals surface area contributed by atoms with Gasteiger partial charge in [-0.1, -0.05) is 12.1 Å². The number of anilines is 1. The molecule has 0 bridgehead atoms. The fourth-order valence-corrected chi connectivity index (χ4v) is 2.78. The van der Waals surface area contributed by atoms with Gasteiger partial charge in [-0.05, 0) is 54.3 Å². The van der Waals surface area contributed by atoms with Gasteiger partial charge >= 0.3 is 5.97 Å². The van der Waals surface area contributed by atoms with Crippen LogP contribution in [0.2, 0.25) is 0 Å². The number of rotatable bonds is 5. The zero-order valence-electron chi connectivity index (χ0n) is 11.0. The summed E-state index contributed by atoms with van der Waals surface area (Å²) in [5.74, 6) is -0.895. The number of hydrogen-bond acceptors (Lipinski definition) is 3. The van der Waals surface area contributed by atoms with E-state index in [9.17, 15) is 9.90 Å². The first-order valence-corrected chi connectivity index (χ1v) is 7.12. The molecule has 0 aliphatic heterocycles. The van der Waals surface area contributed by atoms with E-state index in [0.717, 1.165) is 17.7 Å². The summed E-state index contributed by atoms with van der Waals surface area (Å²) in [5, 5.41) is 16.7. The monoisotopic (exact) mass is 275 g/mol. The van der Waals surface area contributed by atoms with Crippen molar-refractivity contribution >= 4 is 23.0 Å². The first-order valence-electron chi connectivity index (χ1n) is 6.18. The van der Waals surface area contributed by atoms with E-state index in [-0.39, 0.29) is 6.04 Å². The third kappa shape index (κ3) is 3.35. The van der Waals surface area contributed by atoms with Crippen LogP contribution in [0, 0.1) is 6.92 Å². The molecule has 0 saturated carbocycles. The smallest absolute Gasteiger partial charge is 0.337 e. The summed E-state index contributed by atoms with van der Waals surface area (Å²) in [7, 11) is 0. The number of thiophene rings is 1. The normalized spacial score (nSPS) is 12.1. The van der Waals surface area contributed by atoms with Crippen LogP contribution in [0.15, 0.2) is 35.0 Å². The number of carboxylic acid groups (broad SMARTS) is 1. The van der Waals surface area contributed by atoms with E-state index in [1.165, 1.54) is 5.56 Å². The molecule has 100 valence electrons. The minimum atomic E-state index is -0.895. The molecule has 3 nitrogen and oxygen atoms in total. The number of carbonyl (C=O) groups is 1. The van der Waals surface area contributed by atoms with Crippen LogP contribution in [0.4, 0.5) is 5.69 Å². The van der Waals surface area contributed by atoms with Crippen molar-refractivity contribution in [1.29, 1.82) is 0 Å². The molecule has 2 rings (SSSR count). The van der Waals surface area contributed by atoms with Gasteiger partial charge < -0.3 is 10.4 Å². The number of aromatic carboxylic acids is 1. The Morgan fingerprint density at radius 2 is 2.21 bits per heavy atom. The molecule has 0 fully saturated rings. The first kappa shape index (κ1) is 13.6. The summed E-state index contributed by atoms with van der Waals surface area (Å²) in [6.07, 6.45) is 0.886. The van der Waals surface area contributed by atoms with Gasteiger partial charge in [-0.25, -0.2) is 4.79 Å². The Morgan fingerprint density at radius 1 is 1.42 bits per heavy atom. The Balaban J connectivity index is 2.16. The van der Waals surface area contributed by atoms with Crippen molar-refractivity contribution in [2.45, 2.75) is 26.3 Å². The topological polar surface area (TPSA) is 49.3 Å². The summed E-state index contributed by atoms with van der Waals surface area (Å²) in [4.78, 5) is 11.2. The van der Waals surface area contributed by atoms with E-state index in [1.807, 2.05) is 13.0 Å². The van der Waals surface area contributed by atoms with E-state index >= 15 is 0 Å². The maximum Gasteiger partial charge on any atom is 0.337 e. The maximum absolute atomic E-state index is 11.2. The van der Waals surface area contributed by atoms with Crippen molar-refractivity contribution in [3.63, 3.8) is 0 Å². The molecule has 0 aliphatic rings. The summed E-state index contributed by atoms with van der Waals surface area (Å²) >= 11 is 1.68. The van der Waals surface area contributed by atoms with Crippen molar-refractivity contribution in [3.8, 4) is 0 Å². The highest BCUT2D eigenvalue weighted by Gasteiger charge is 2.14. The fourth-order valence-electron chi connectivity index (χ4n) is 2.10. The number of nitrogens with one attached hydrogen (secondary N) is 1. The van der Waals surface area contributed by atoms with Crippen LogP contribution in [0.5, 0.6) is 0 Å². The zero-order valence-corrected chi connectivity index (χ0v) is 11.8. The standard InChI is InChI=1S/C15H17NO2S/c1-10-4-3-5-13(15(17)18)14(10)16-11(2)8-12-6-7-19-9-12/h3-7,9,11,16H,8H2,1-2H3,(H,17,18). The van der Waals surface area contributed by atoms with E-state index < -0.39 is 5.97 Å². The molecule has 1 aromatic heterocycles. The largest absolute Gasteiger partial charge is 0.478 e. The Bertz CT molecular complexity index is 564. The molecule has 1 atom stereocenters. The molecule has 2 aromatic rings. The van der Waals surface area contributed by atoms with Crippen molar-refractivity contribution < 1.29 is 9.90 Å². The van der Waals surface area contributed by atoms with Crippen LogP contribution in [-0.2, 0) is 6.42 Å². The molecule has 0 amide bonds. The molecular weight excluding hydrogens is 258 g/mol. The number of carboxylic acids is 1. The molecule has 0 saturated heterocycles. The van der Waals surface area contributed by atoms with E-state index in [0.29, 0.717) is 5.56 Å². The fraction of sp³-hybridized carbons (Fsp3) is 0.267. The van der Waals surface area contributed by atoms with Crippen molar-refractivity contribution in [3.05, 3.63) is 51.7 Å². The van der Waals surface area contributed by atoms with E-state index in [4.69, 9.17) is 0 Å². The van der Waals surface area contributed by atoms with Gasteiger partial charge in [-0.2, -0.15) is 11.3 Å². The first-order chi connectivity index (χ1) is 9.08. The molecule has 1 heterocycles. The maximum atomic E-state index is 11.2. The molecule has 0 spiro atoms. The lowest BCUT2D eigenvalue weighted by Crippen LogP contribution is -2.20. The minimum absolute atomic E-state index is 0.189. The quantitative estimate of drug-likeness (QED) is 0.872. The molecule has 0 aliphatic carbocycles. The Kier molecular flexibility index (Phi) is 4.22. The number of para-hydroxylation sites is 1. The van der Waals surface area contributed by atoms with Crippen molar-refractivity contribution in [1.82, 2.24) is 0 Å². The van der Waals surface area contributed by atoms with Gasteiger partial charge in [0.25, 0.3) is 0 Å². The Labute approximate surface area is 116 Å². The highest BCUT2D eigenvalue weighted by Crippen LogP contribution is 2.22. The van der Waals surface area contributed by atoms with Crippen molar-refractivity contribution in [2.24, 2.45) is 0 Å². The predicted octanol–water partition coefficient (Wildman–Crippen LogP) is 3.80. The van der Waals surface area contributed by atoms with Gasteiger partial charge in [-0.3, -0.25) is 0 Å². The molecule has 2 N–H and O–H groups in total. The average molecular weight is 275 g/mol. The summed E-state index contributed by atoms with van der Waals surface area (Å²) < 4.78 is 0. The summed E-state index contributed by atoms with van der Waals surface area (Å²) in [6, 6.07) is 7.61. The van der Waals surface area contributed by atoms with Gasteiger partial charge in [0.2, 0.25) is 0 Å². The second kappa shape index (κ2) is 5.89. The minimum Gasteiger partial charge on any atom is -0.478 e. The third-order valence-electron chi connectivity index (χ3n) is 3.02. The van der Waals surface area contributed by atoms with Crippen LogP contribution in [0.25, 0.3) is 0 Å². The van der Waals surface area contributed by atoms with Gasteiger partial charge in [0.1, 0.15) is 0 Å². The van der Waals surface area contributed by atoms with Crippen LogP contribution >= 0.6 is 11.3 Å². The summed E-state index contributed by atoms with van der Waals surface area (Å²) in [5.41, 5.74) is 3.28. The summed E-state index contributed by atoms with van der Waals surface area (Å²) in [6.45, 7) is 3.99. The molecule has 4 heteroatoms. The number of aryl methyl sites for hydroxylation is 1. The third-order valence-corrected chi connectivity index (χ3v) is 3.75. The lowest BCUT2D eigenvalue weighted by Gasteiger charge is -2.18. The highest BCUT2D eigenvalue weighted by atomic mass is 32.1. The lowest BCUT2D eigenvalue weighted by atomic mass is 10.1. The Hall–Kier alpha value is -1.81. The highest BCUT2D eigenvalue weighted by molar-refractivity contribution is 7.07. The van der Waals surface area contributed by atoms with Crippen molar-refractivity contribution in [2.75, 3.05) is 5.32 Å². The number of benzene rings is 1. The Morgan fingerprint density at radius 3 is 2.84 bits per heavy atom. The van der Waals surface area contributed by atoms with Gasteiger partial charge in [0.05, 0.1) is 11.3 Å². The lowest BCUT2D eigenvalue weighted by molar-refractivity contribution is 0.0698. The molecule has 1 aromatic carbocycles. The second-order valence-electron chi connectivity index (χ2n) is 4.68. The van der Waals surface area contributed by atoms with E-state index in [1.54, 1.807) is 23.5 Å². The second-order valence-corrected chi connectivity index (χ2v) is 5.46. The van der Waals surface area contributed by atoms with Crippen LogP contribution in [0.1, 0.15) is 28.4 Å². The van der Waals surface area contributed by atoms with Crippen LogP contribution in [0.3, 0.4) is 0 Å². The molecule has 1 unspecified atom stereocenters.